The maximum absolute atomic E-state index is 12.2. The molecular formula is C15H21NO2. The van der Waals surface area contributed by atoms with Gasteiger partial charge in [0.1, 0.15) is 0 Å². The molecule has 1 aromatic rings. The highest BCUT2D eigenvalue weighted by atomic mass is 16.3. The van der Waals surface area contributed by atoms with Crippen LogP contribution in [-0.4, -0.2) is 35.1 Å². The summed E-state index contributed by atoms with van der Waals surface area (Å²) in [7, 11) is 0. The highest BCUT2D eigenvalue weighted by Gasteiger charge is 2.55. The highest BCUT2D eigenvalue weighted by molar-refractivity contribution is 5.78. The summed E-state index contributed by atoms with van der Waals surface area (Å²) in [4.78, 5) is 14.0. The third-order valence-corrected chi connectivity index (χ3v) is 3.97. The van der Waals surface area contributed by atoms with Crippen LogP contribution in [-0.2, 0) is 10.2 Å². The average molecular weight is 247 g/mol. The van der Waals surface area contributed by atoms with Crippen LogP contribution in [0, 0.1) is 0 Å². The van der Waals surface area contributed by atoms with Crippen LogP contribution in [0.4, 0.5) is 0 Å². The van der Waals surface area contributed by atoms with E-state index in [1.807, 2.05) is 49.1 Å². The molecule has 1 aliphatic rings. The molecule has 0 spiro atoms. The van der Waals surface area contributed by atoms with Gasteiger partial charge in [-0.25, -0.2) is 0 Å². The van der Waals surface area contributed by atoms with Crippen molar-refractivity contribution in [3.63, 3.8) is 0 Å². The number of rotatable bonds is 5. The average Bonchev–Trinajstić information content (AvgIpc) is 3.03. The molecule has 1 saturated carbocycles. The standard InChI is InChI=1S/C15H21NO2/c1-3-16(4-2)14(18)11-15(10-13(15)17)12-8-6-5-7-9-12/h5-9,13,17H,3-4,10-11H2,1-2H3. The normalized spacial score (nSPS) is 25.8. The van der Waals surface area contributed by atoms with Gasteiger partial charge in [0.05, 0.1) is 6.10 Å². The molecule has 1 amide bonds. The van der Waals surface area contributed by atoms with Crippen molar-refractivity contribution in [2.45, 2.75) is 38.2 Å². The Bertz CT molecular complexity index is 414. The summed E-state index contributed by atoms with van der Waals surface area (Å²) in [5.41, 5.74) is 0.749. The van der Waals surface area contributed by atoms with Gasteiger partial charge in [-0.15, -0.1) is 0 Å². The summed E-state index contributed by atoms with van der Waals surface area (Å²) in [5.74, 6) is 0.139. The molecule has 1 fully saturated rings. The van der Waals surface area contributed by atoms with Gasteiger partial charge < -0.3 is 10.0 Å². The molecule has 0 aromatic heterocycles. The third-order valence-electron chi connectivity index (χ3n) is 3.97. The van der Waals surface area contributed by atoms with Crippen LogP contribution >= 0.6 is 0 Å². The van der Waals surface area contributed by atoms with Crippen molar-refractivity contribution in [2.75, 3.05) is 13.1 Å². The zero-order valence-electron chi connectivity index (χ0n) is 11.1. The maximum Gasteiger partial charge on any atom is 0.223 e. The molecule has 0 radical (unpaired) electrons. The van der Waals surface area contributed by atoms with E-state index in [-0.39, 0.29) is 17.4 Å². The quantitative estimate of drug-likeness (QED) is 0.864. The Hall–Kier alpha value is -1.35. The summed E-state index contributed by atoms with van der Waals surface area (Å²) in [5, 5.41) is 9.94. The second kappa shape index (κ2) is 5.11. The second-order valence-corrected chi connectivity index (χ2v) is 4.98. The van der Waals surface area contributed by atoms with E-state index >= 15 is 0 Å². The molecule has 0 bridgehead atoms. The van der Waals surface area contributed by atoms with Crippen LogP contribution in [0.25, 0.3) is 0 Å². The first-order chi connectivity index (χ1) is 8.64. The third kappa shape index (κ3) is 2.27. The Kier molecular flexibility index (Phi) is 3.71. The van der Waals surface area contributed by atoms with E-state index in [1.54, 1.807) is 0 Å². The second-order valence-electron chi connectivity index (χ2n) is 4.98. The van der Waals surface area contributed by atoms with Crippen molar-refractivity contribution in [3.05, 3.63) is 35.9 Å². The van der Waals surface area contributed by atoms with E-state index in [4.69, 9.17) is 0 Å². The van der Waals surface area contributed by atoms with Crippen LogP contribution in [0.2, 0.25) is 0 Å². The minimum absolute atomic E-state index is 0.139. The van der Waals surface area contributed by atoms with Crippen molar-refractivity contribution in [3.8, 4) is 0 Å². The molecule has 0 aliphatic heterocycles. The molecule has 98 valence electrons. The lowest BCUT2D eigenvalue weighted by Gasteiger charge is -2.23. The first kappa shape index (κ1) is 13.1. The monoisotopic (exact) mass is 247 g/mol. The molecule has 2 atom stereocenters. The van der Waals surface area contributed by atoms with E-state index in [0.717, 1.165) is 18.7 Å². The van der Waals surface area contributed by atoms with Gasteiger partial charge in [0.2, 0.25) is 5.91 Å². The van der Waals surface area contributed by atoms with Gasteiger partial charge in [-0.2, -0.15) is 0 Å². The lowest BCUT2D eigenvalue weighted by Crippen LogP contribution is -2.34. The Labute approximate surface area is 108 Å². The van der Waals surface area contributed by atoms with E-state index in [1.165, 1.54) is 0 Å². The Morgan fingerprint density at radius 1 is 1.33 bits per heavy atom. The zero-order chi connectivity index (χ0) is 13.2. The SMILES string of the molecule is CCN(CC)C(=O)CC1(c2ccccc2)CC1O. The molecule has 1 aliphatic carbocycles. The fourth-order valence-electron chi connectivity index (χ4n) is 2.62. The van der Waals surface area contributed by atoms with E-state index < -0.39 is 0 Å². The fourth-order valence-corrected chi connectivity index (χ4v) is 2.62. The molecule has 3 heteroatoms. The van der Waals surface area contributed by atoms with Gasteiger partial charge in [0, 0.05) is 24.9 Å². The van der Waals surface area contributed by atoms with Crippen molar-refractivity contribution in [1.29, 1.82) is 0 Å². The molecule has 2 rings (SSSR count). The van der Waals surface area contributed by atoms with Gasteiger partial charge >= 0.3 is 0 Å². The van der Waals surface area contributed by atoms with E-state index in [0.29, 0.717) is 12.8 Å². The summed E-state index contributed by atoms with van der Waals surface area (Å²) in [6.45, 7) is 5.44. The summed E-state index contributed by atoms with van der Waals surface area (Å²) < 4.78 is 0. The molecular weight excluding hydrogens is 226 g/mol. The smallest absolute Gasteiger partial charge is 0.223 e. The lowest BCUT2D eigenvalue weighted by atomic mass is 9.91. The van der Waals surface area contributed by atoms with Gasteiger partial charge in [-0.05, 0) is 25.8 Å². The van der Waals surface area contributed by atoms with Crippen LogP contribution in [0.5, 0.6) is 0 Å². The van der Waals surface area contributed by atoms with Crippen molar-refractivity contribution in [1.82, 2.24) is 4.90 Å². The molecule has 2 unspecified atom stereocenters. The number of hydrogen-bond acceptors (Lipinski definition) is 2. The van der Waals surface area contributed by atoms with Crippen molar-refractivity contribution >= 4 is 5.91 Å². The molecule has 18 heavy (non-hydrogen) atoms. The number of carbonyl (C=O) groups is 1. The summed E-state index contributed by atoms with van der Waals surface area (Å²) >= 11 is 0. The first-order valence-electron chi connectivity index (χ1n) is 6.65. The molecule has 1 N–H and O–H groups in total. The number of carbonyl (C=O) groups excluding carboxylic acids is 1. The predicted octanol–water partition coefficient (Wildman–Crippen LogP) is 1.95. The zero-order valence-corrected chi connectivity index (χ0v) is 11.1. The summed E-state index contributed by atoms with van der Waals surface area (Å²) in [6.07, 6.45) is 0.739. The van der Waals surface area contributed by atoms with Crippen LogP contribution in [0.15, 0.2) is 30.3 Å². The highest BCUT2D eigenvalue weighted by Crippen LogP contribution is 2.51. The molecule has 0 saturated heterocycles. The largest absolute Gasteiger partial charge is 0.392 e. The van der Waals surface area contributed by atoms with Crippen LogP contribution in [0.3, 0.4) is 0 Å². The number of benzene rings is 1. The van der Waals surface area contributed by atoms with Gasteiger partial charge in [-0.1, -0.05) is 30.3 Å². The molecule has 1 aromatic carbocycles. The van der Waals surface area contributed by atoms with Crippen molar-refractivity contribution in [2.24, 2.45) is 0 Å². The van der Waals surface area contributed by atoms with Gasteiger partial charge in [0.15, 0.2) is 0 Å². The van der Waals surface area contributed by atoms with Crippen molar-refractivity contribution < 1.29 is 9.90 Å². The fraction of sp³-hybridized carbons (Fsp3) is 0.533. The molecule has 3 nitrogen and oxygen atoms in total. The number of aliphatic hydroxyl groups is 1. The lowest BCUT2D eigenvalue weighted by molar-refractivity contribution is -0.131. The number of amides is 1. The predicted molar refractivity (Wildman–Crippen MR) is 71.3 cm³/mol. The Morgan fingerprint density at radius 2 is 1.89 bits per heavy atom. The number of hydrogen-bond donors (Lipinski definition) is 1. The van der Waals surface area contributed by atoms with Crippen LogP contribution < -0.4 is 0 Å². The van der Waals surface area contributed by atoms with E-state index in [2.05, 4.69) is 0 Å². The van der Waals surface area contributed by atoms with Gasteiger partial charge in [-0.3, -0.25) is 4.79 Å². The number of aliphatic hydroxyl groups excluding tert-OH is 1. The topological polar surface area (TPSA) is 40.5 Å². The van der Waals surface area contributed by atoms with Gasteiger partial charge in [0.25, 0.3) is 0 Å². The number of nitrogens with zero attached hydrogens (tertiary/aromatic N) is 1. The molecule has 0 heterocycles. The maximum atomic E-state index is 12.2. The minimum atomic E-state index is -0.376. The minimum Gasteiger partial charge on any atom is -0.392 e. The Morgan fingerprint density at radius 3 is 2.33 bits per heavy atom. The van der Waals surface area contributed by atoms with Crippen LogP contribution in [0.1, 0.15) is 32.3 Å². The summed E-state index contributed by atoms with van der Waals surface area (Å²) in [6, 6.07) is 9.89. The Balaban J connectivity index is 2.14. The van der Waals surface area contributed by atoms with E-state index in [9.17, 15) is 9.90 Å². The first-order valence-corrected chi connectivity index (χ1v) is 6.65.